The van der Waals surface area contributed by atoms with E-state index in [2.05, 4.69) is 4.98 Å². The van der Waals surface area contributed by atoms with Gasteiger partial charge in [0.1, 0.15) is 11.6 Å². The van der Waals surface area contributed by atoms with Crippen LogP contribution in [0.5, 0.6) is 5.75 Å². The van der Waals surface area contributed by atoms with Crippen LogP contribution in [0.25, 0.3) is 28.7 Å². The normalized spacial score (nSPS) is 11.3. The van der Waals surface area contributed by atoms with Crippen LogP contribution in [0.4, 0.5) is 0 Å². The van der Waals surface area contributed by atoms with Gasteiger partial charge in [-0.25, -0.2) is 4.98 Å². The maximum absolute atomic E-state index is 13.1. The molecule has 0 aliphatic heterocycles. The topological polar surface area (TPSA) is 55.1 Å². The van der Waals surface area contributed by atoms with Crippen molar-refractivity contribution in [2.75, 3.05) is 0 Å². The monoisotopic (exact) mass is 354 g/mol. The van der Waals surface area contributed by atoms with E-state index in [9.17, 15) is 9.90 Å². The van der Waals surface area contributed by atoms with Gasteiger partial charge in [0.05, 0.1) is 16.6 Å². The molecule has 0 saturated heterocycles. The van der Waals surface area contributed by atoms with Crippen molar-refractivity contribution in [1.29, 1.82) is 0 Å². The molecule has 0 bridgehead atoms. The van der Waals surface area contributed by atoms with Crippen molar-refractivity contribution in [1.82, 2.24) is 9.55 Å². The van der Waals surface area contributed by atoms with Gasteiger partial charge in [-0.05, 0) is 55.0 Å². The van der Waals surface area contributed by atoms with Crippen LogP contribution in [-0.2, 0) is 0 Å². The van der Waals surface area contributed by atoms with E-state index >= 15 is 0 Å². The van der Waals surface area contributed by atoms with Crippen LogP contribution >= 0.6 is 0 Å². The highest BCUT2D eigenvalue weighted by Crippen LogP contribution is 2.17. The molecule has 1 N–H and O–H groups in total. The minimum atomic E-state index is -0.111. The van der Waals surface area contributed by atoms with Crippen molar-refractivity contribution >= 4 is 23.1 Å². The van der Waals surface area contributed by atoms with Crippen LogP contribution in [0.15, 0.2) is 77.6 Å². The van der Waals surface area contributed by atoms with Gasteiger partial charge < -0.3 is 5.11 Å². The quantitative estimate of drug-likeness (QED) is 0.586. The smallest absolute Gasteiger partial charge is 0.266 e. The van der Waals surface area contributed by atoms with E-state index in [0.717, 1.165) is 16.8 Å². The molecule has 132 valence electrons. The van der Waals surface area contributed by atoms with Gasteiger partial charge in [-0.15, -0.1) is 0 Å². The van der Waals surface area contributed by atoms with Gasteiger partial charge in [0.25, 0.3) is 5.56 Å². The molecule has 4 aromatic rings. The Morgan fingerprint density at radius 1 is 0.926 bits per heavy atom. The van der Waals surface area contributed by atoms with E-state index in [4.69, 9.17) is 0 Å². The SMILES string of the molecule is Cc1ccc(-n2c(/C=C/c3cccc(O)c3)nc3ccccc3c2=O)cc1. The average molecular weight is 354 g/mol. The fraction of sp³-hybridized carbons (Fsp3) is 0.0435. The highest BCUT2D eigenvalue weighted by molar-refractivity contribution is 5.80. The Bertz CT molecular complexity index is 1210. The number of phenolic OH excluding ortho intramolecular Hbond substituents is 1. The number of nitrogens with zero attached hydrogens (tertiary/aromatic N) is 2. The first kappa shape index (κ1) is 16.8. The predicted octanol–water partition coefficient (Wildman–Crippen LogP) is 4.57. The molecule has 4 rings (SSSR count). The molecule has 0 radical (unpaired) electrons. The molecule has 0 amide bonds. The Labute approximate surface area is 156 Å². The number of phenols is 1. The lowest BCUT2D eigenvalue weighted by atomic mass is 10.2. The molecule has 0 spiro atoms. The third-order valence-electron chi connectivity index (χ3n) is 4.39. The lowest BCUT2D eigenvalue weighted by molar-refractivity contribution is 0.475. The summed E-state index contributed by atoms with van der Waals surface area (Å²) in [5, 5.41) is 10.2. The van der Waals surface area contributed by atoms with Gasteiger partial charge >= 0.3 is 0 Å². The number of fused-ring (bicyclic) bond motifs is 1. The molecule has 4 nitrogen and oxygen atoms in total. The molecular weight excluding hydrogens is 336 g/mol. The highest BCUT2D eigenvalue weighted by atomic mass is 16.3. The fourth-order valence-corrected chi connectivity index (χ4v) is 3.00. The van der Waals surface area contributed by atoms with Crippen LogP contribution in [0.1, 0.15) is 17.0 Å². The van der Waals surface area contributed by atoms with Gasteiger partial charge in [0, 0.05) is 0 Å². The van der Waals surface area contributed by atoms with Crippen LogP contribution < -0.4 is 5.56 Å². The van der Waals surface area contributed by atoms with Crippen LogP contribution in [-0.4, -0.2) is 14.7 Å². The van der Waals surface area contributed by atoms with Crippen molar-refractivity contribution in [3.05, 3.63) is 100 Å². The van der Waals surface area contributed by atoms with E-state index in [1.165, 1.54) is 0 Å². The van der Waals surface area contributed by atoms with Crippen molar-refractivity contribution in [3.63, 3.8) is 0 Å². The molecule has 0 atom stereocenters. The fourth-order valence-electron chi connectivity index (χ4n) is 3.00. The summed E-state index contributed by atoms with van der Waals surface area (Å²) >= 11 is 0. The van der Waals surface area contributed by atoms with E-state index in [0.29, 0.717) is 16.7 Å². The first-order valence-electron chi connectivity index (χ1n) is 8.68. The van der Waals surface area contributed by atoms with Gasteiger partial charge in [0.2, 0.25) is 0 Å². The average Bonchev–Trinajstić information content (AvgIpc) is 2.68. The molecule has 1 heterocycles. The number of aromatic hydroxyl groups is 1. The standard InChI is InChI=1S/C23H18N2O2/c1-16-9-12-18(13-10-16)25-22(14-11-17-5-4-6-19(26)15-17)24-21-8-3-2-7-20(21)23(25)27/h2-15,26H,1H3/b14-11+. The third-order valence-corrected chi connectivity index (χ3v) is 4.39. The molecule has 27 heavy (non-hydrogen) atoms. The summed E-state index contributed by atoms with van der Waals surface area (Å²) < 4.78 is 1.61. The number of benzene rings is 3. The van der Waals surface area contributed by atoms with Gasteiger partial charge in [-0.2, -0.15) is 0 Å². The van der Waals surface area contributed by atoms with Gasteiger partial charge in [0.15, 0.2) is 0 Å². The van der Waals surface area contributed by atoms with Gasteiger partial charge in [-0.3, -0.25) is 9.36 Å². The lowest BCUT2D eigenvalue weighted by Crippen LogP contribution is -2.22. The van der Waals surface area contributed by atoms with E-state index < -0.39 is 0 Å². The van der Waals surface area contributed by atoms with Crippen molar-refractivity contribution in [2.45, 2.75) is 6.92 Å². The third kappa shape index (κ3) is 3.37. The van der Waals surface area contributed by atoms with Crippen LogP contribution in [0.3, 0.4) is 0 Å². The summed E-state index contributed by atoms with van der Waals surface area (Å²) in [6, 6.07) is 22.0. The minimum Gasteiger partial charge on any atom is -0.508 e. The Morgan fingerprint density at radius 3 is 2.48 bits per heavy atom. The number of para-hydroxylation sites is 1. The zero-order chi connectivity index (χ0) is 18.8. The Morgan fingerprint density at radius 2 is 1.70 bits per heavy atom. The summed E-state index contributed by atoms with van der Waals surface area (Å²) in [5.41, 5.74) is 3.26. The highest BCUT2D eigenvalue weighted by Gasteiger charge is 2.10. The second-order valence-electron chi connectivity index (χ2n) is 6.39. The number of hydrogen-bond acceptors (Lipinski definition) is 3. The zero-order valence-electron chi connectivity index (χ0n) is 14.8. The number of aryl methyl sites for hydroxylation is 1. The molecular formula is C23H18N2O2. The van der Waals surface area contributed by atoms with E-state index in [-0.39, 0.29) is 11.3 Å². The molecule has 0 aliphatic carbocycles. The maximum atomic E-state index is 13.1. The van der Waals surface area contributed by atoms with E-state index in [1.54, 1.807) is 34.9 Å². The van der Waals surface area contributed by atoms with Crippen LogP contribution in [0.2, 0.25) is 0 Å². The first-order chi connectivity index (χ1) is 13.1. The Kier molecular flexibility index (Phi) is 4.30. The molecule has 4 heteroatoms. The zero-order valence-corrected chi connectivity index (χ0v) is 14.8. The molecule has 1 aromatic heterocycles. The largest absolute Gasteiger partial charge is 0.508 e. The number of rotatable bonds is 3. The molecule has 0 saturated carbocycles. The predicted molar refractivity (Wildman–Crippen MR) is 109 cm³/mol. The lowest BCUT2D eigenvalue weighted by Gasteiger charge is -2.11. The van der Waals surface area contributed by atoms with Gasteiger partial charge in [-0.1, -0.05) is 48.0 Å². The van der Waals surface area contributed by atoms with Crippen molar-refractivity contribution in [3.8, 4) is 11.4 Å². The molecule has 3 aromatic carbocycles. The molecule has 0 aliphatic rings. The summed E-state index contributed by atoms with van der Waals surface area (Å²) in [6.07, 6.45) is 3.63. The van der Waals surface area contributed by atoms with Crippen molar-refractivity contribution in [2.24, 2.45) is 0 Å². The molecule has 0 unspecified atom stereocenters. The second-order valence-corrected chi connectivity index (χ2v) is 6.39. The molecule has 0 fully saturated rings. The first-order valence-corrected chi connectivity index (χ1v) is 8.68. The Balaban J connectivity index is 1.93. The Hall–Kier alpha value is -3.66. The minimum absolute atomic E-state index is 0.111. The van der Waals surface area contributed by atoms with Crippen LogP contribution in [0, 0.1) is 6.92 Å². The number of hydrogen-bond donors (Lipinski definition) is 1. The van der Waals surface area contributed by atoms with Crippen molar-refractivity contribution < 1.29 is 5.11 Å². The number of aromatic nitrogens is 2. The second kappa shape index (κ2) is 6.92. The summed E-state index contributed by atoms with van der Waals surface area (Å²) in [5.74, 6) is 0.727. The summed E-state index contributed by atoms with van der Waals surface area (Å²) in [6.45, 7) is 2.01. The maximum Gasteiger partial charge on any atom is 0.266 e. The van der Waals surface area contributed by atoms with E-state index in [1.807, 2.05) is 61.5 Å². The summed E-state index contributed by atoms with van der Waals surface area (Å²) in [7, 11) is 0. The summed E-state index contributed by atoms with van der Waals surface area (Å²) in [4.78, 5) is 17.8.